The van der Waals surface area contributed by atoms with Gasteiger partial charge in [-0.05, 0) is 18.2 Å². The number of nitrogen functional groups attached to an aromatic ring is 1. The van der Waals surface area contributed by atoms with Crippen molar-refractivity contribution < 1.29 is 9.59 Å². The third-order valence-corrected chi connectivity index (χ3v) is 2.35. The maximum atomic E-state index is 12.1. The average molecular weight is 243 g/mol. The van der Waals surface area contributed by atoms with E-state index >= 15 is 0 Å². The molecule has 2 aromatic rings. The minimum atomic E-state index is -0.484. The zero-order valence-corrected chi connectivity index (χ0v) is 9.21. The van der Waals surface area contributed by atoms with Crippen LogP contribution in [0.5, 0.6) is 0 Å². The lowest BCUT2D eigenvalue weighted by Gasteiger charge is -2.03. The number of nitrogens with two attached hydrogens (primary N) is 1. The first kappa shape index (κ1) is 11.7. The van der Waals surface area contributed by atoms with Crippen molar-refractivity contribution in [1.82, 2.24) is 9.97 Å². The molecule has 0 aromatic carbocycles. The molecule has 6 heteroatoms. The summed E-state index contributed by atoms with van der Waals surface area (Å²) in [5, 5.41) is 0. The van der Waals surface area contributed by atoms with Gasteiger partial charge in [0.05, 0.1) is 0 Å². The lowest BCUT2D eigenvalue weighted by Crippen LogP contribution is -2.15. The van der Waals surface area contributed by atoms with E-state index in [-0.39, 0.29) is 22.6 Å². The van der Waals surface area contributed by atoms with Crippen molar-refractivity contribution in [3.05, 3.63) is 57.6 Å². The topological polar surface area (TPSA) is 106 Å². The van der Waals surface area contributed by atoms with Gasteiger partial charge in [-0.2, -0.15) is 0 Å². The van der Waals surface area contributed by atoms with Crippen molar-refractivity contribution in [3.63, 3.8) is 0 Å². The number of hydrogen-bond donors (Lipinski definition) is 2. The van der Waals surface area contributed by atoms with Crippen molar-refractivity contribution >= 4 is 17.9 Å². The molecular formula is C12H9N3O3. The van der Waals surface area contributed by atoms with Crippen molar-refractivity contribution in [2.75, 3.05) is 5.73 Å². The number of nitrogens with zero attached hydrogens (tertiary/aromatic N) is 1. The van der Waals surface area contributed by atoms with Gasteiger partial charge in [-0.25, -0.2) is 4.98 Å². The molecule has 0 radical (unpaired) electrons. The number of carbonyl (C=O) groups is 2. The third-order valence-electron chi connectivity index (χ3n) is 2.35. The van der Waals surface area contributed by atoms with Crippen LogP contribution in [0.25, 0.3) is 0 Å². The second kappa shape index (κ2) is 4.62. The van der Waals surface area contributed by atoms with Gasteiger partial charge >= 0.3 is 0 Å². The van der Waals surface area contributed by atoms with Gasteiger partial charge in [0, 0.05) is 23.4 Å². The van der Waals surface area contributed by atoms with E-state index in [9.17, 15) is 14.4 Å². The lowest BCUT2D eigenvalue weighted by molar-refractivity contribution is 0.102. The summed E-state index contributed by atoms with van der Waals surface area (Å²) in [5.41, 5.74) is 5.27. The van der Waals surface area contributed by atoms with E-state index in [2.05, 4.69) is 9.97 Å². The molecule has 2 aromatic heterocycles. The highest BCUT2D eigenvalue weighted by Crippen LogP contribution is 2.10. The van der Waals surface area contributed by atoms with Gasteiger partial charge in [0.2, 0.25) is 11.3 Å². The monoisotopic (exact) mass is 243 g/mol. The number of nitrogens with one attached hydrogen (secondary N) is 1. The fraction of sp³-hybridized carbons (Fsp3) is 0. The zero-order chi connectivity index (χ0) is 13.1. The fourth-order valence-electron chi connectivity index (χ4n) is 1.46. The number of aromatic amines is 1. The molecule has 6 nitrogen and oxygen atoms in total. The predicted molar refractivity (Wildman–Crippen MR) is 64.5 cm³/mol. The molecule has 3 N–H and O–H groups in total. The van der Waals surface area contributed by atoms with Crippen molar-refractivity contribution in [2.45, 2.75) is 0 Å². The number of carbonyl (C=O) groups excluding carboxylic acids is 2. The summed E-state index contributed by atoms with van der Waals surface area (Å²) in [5.74, 6) is -0.203. The number of anilines is 1. The molecule has 0 aliphatic heterocycles. The van der Waals surface area contributed by atoms with Gasteiger partial charge in [-0.1, -0.05) is 0 Å². The molecule has 0 unspecified atom stereocenters. The predicted octanol–water partition coefficient (Wildman–Crippen LogP) is 0.396. The normalized spacial score (nSPS) is 10.0. The Balaban J connectivity index is 2.51. The first-order valence-corrected chi connectivity index (χ1v) is 5.06. The van der Waals surface area contributed by atoms with E-state index < -0.39 is 11.3 Å². The third kappa shape index (κ3) is 2.17. The first-order valence-electron chi connectivity index (χ1n) is 5.06. The fourth-order valence-corrected chi connectivity index (χ4v) is 1.46. The first-order chi connectivity index (χ1) is 8.61. The van der Waals surface area contributed by atoms with Crippen molar-refractivity contribution in [3.8, 4) is 0 Å². The highest BCUT2D eigenvalue weighted by atomic mass is 16.1. The molecule has 0 atom stereocenters. The van der Waals surface area contributed by atoms with Crippen LogP contribution in [0.4, 0.5) is 5.82 Å². The summed E-state index contributed by atoms with van der Waals surface area (Å²) >= 11 is 0. The Morgan fingerprint density at radius 1 is 1.28 bits per heavy atom. The van der Waals surface area contributed by atoms with Crippen LogP contribution in [0.15, 0.2) is 35.3 Å². The van der Waals surface area contributed by atoms with Crippen LogP contribution in [0.1, 0.15) is 26.4 Å². The molecule has 18 heavy (non-hydrogen) atoms. The van der Waals surface area contributed by atoms with E-state index in [1.54, 1.807) is 0 Å². The highest BCUT2D eigenvalue weighted by Gasteiger charge is 2.14. The SMILES string of the molecule is Nc1ccc(C(=O)c2[nH]c(=O)ccc2C=O)cn1. The summed E-state index contributed by atoms with van der Waals surface area (Å²) in [6, 6.07) is 5.42. The Kier molecular flexibility index (Phi) is 3.01. The van der Waals surface area contributed by atoms with E-state index in [0.29, 0.717) is 6.29 Å². The Morgan fingerprint density at radius 2 is 2.06 bits per heavy atom. The average Bonchev–Trinajstić information content (AvgIpc) is 2.39. The molecular weight excluding hydrogens is 234 g/mol. The molecule has 0 aliphatic rings. The van der Waals surface area contributed by atoms with Gasteiger partial charge in [0.15, 0.2) is 6.29 Å². The Bertz CT molecular complexity index is 659. The standard InChI is InChI=1S/C12H9N3O3/c13-9-3-1-7(5-14-9)12(18)11-8(6-16)2-4-10(17)15-11/h1-6H,(H2,13,14)(H,15,17). The van der Waals surface area contributed by atoms with Gasteiger partial charge < -0.3 is 10.7 Å². The molecule has 0 spiro atoms. The summed E-state index contributed by atoms with van der Waals surface area (Å²) < 4.78 is 0. The van der Waals surface area contributed by atoms with Crippen LogP contribution in [0, 0.1) is 0 Å². The molecule has 0 amide bonds. The molecule has 0 saturated heterocycles. The summed E-state index contributed by atoms with van der Waals surface area (Å²) in [6.45, 7) is 0. The Hall–Kier alpha value is -2.76. The maximum absolute atomic E-state index is 12.1. The molecule has 0 aliphatic carbocycles. The number of aldehydes is 1. The minimum Gasteiger partial charge on any atom is -0.384 e. The van der Waals surface area contributed by atoms with Crippen LogP contribution in [0.2, 0.25) is 0 Å². The Morgan fingerprint density at radius 3 is 2.67 bits per heavy atom. The molecule has 2 rings (SSSR count). The van der Waals surface area contributed by atoms with Crippen molar-refractivity contribution in [1.29, 1.82) is 0 Å². The van der Waals surface area contributed by atoms with Crippen LogP contribution in [-0.4, -0.2) is 22.0 Å². The lowest BCUT2D eigenvalue weighted by atomic mass is 10.1. The van der Waals surface area contributed by atoms with Gasteiger partial charge in [0.1, 0.15) is 11.5 Å². The molecule has 90 valence electrons. The molecule has 0 fully saturated rings. The van der Waals surface area contributed by atoms with Crippen LogP contribution >= 0.6 is 0 Å². The number of hydrogen-bond acceptors (Lipinski definition) is 5. The van der Waals surface area contributed by atoms with Crippen molar-refractivity contribution in [2.24, 2.45) is 0 Å². The number of aromatic nitrogens is 2. The highest BCUT2D eigenvalue weighted by molar-refractivity contribution is 6.11. The second-order valence-electron chi connectivity index (χ2n) is 3.57. The number of pyridine rings is 2. The number of H-pyrrole nitrogens is 1. The maximum Gasteiger partial charge on any atom is 0.248 e. The van der Waals surface area contributed by atoms with Gasteiger partial charge in [-0.15, -0.1) is 0 Å². The smallest absolute Gasteiger partial charge is 0.248 e. The summed E-state index contributed by atoms with van der Waals surface area (Å²) in [7, 11) is 0. The van der Waals surface area contributed by atoms with Gasteiger partial charge in [0.25, 0.3) is 0 Å². The minimum absolute atomic E-state index is 0.0518. The van der Waals surface area contributed by atoms with E-state index in [1.807, 2.05) is 0 Å². The Labute approximate surface area is 101 Å². The van der Waals surface area contributed by atoms with Crippen LogP contribution in [-0.2, 0) is 0 Å². The molecule has 2 heterocycles. The van der Waals surface area contributed by atoms with E-state index in [1.165, 1.54) is 30.5 Å². The van der Waals surface area contributed by atoms with Gasteiger partial charge in [-0.3, -0.25) is 14.4 Å². The molecule has 0 bridgehead atoms. The van der Waals surface area contributed by atoms with E-state index in [4.69, 9.17) is 5.73 Å². The van der Waals surface area contributed by atoms with Crippen LogP contribution in [0.3, 0.4) is 0 Å². The summed E-state index contributed by atoms with van der Waals surface area (Å²) in [6.07, 6.45) is 1.80. The second-order valence-corrected chi connectivity index (χ2v) is 3.57. The summed E-state index contributed by atoms with van der Waals surface area (Å²) in [4.78, 5) is 40.2. The largest absolute Gasteiger partial charge is 0.384 e. The molecule has 0 saturated carbocycles. The van der Waals surface area contributed by atoms with Crippen LogP contribution < -0.4 is 11.3 Å². The number of rotatable bonds is 3. The zero-order valence-electron chi connectivity index (χ0n) is 9.21. The quantitative estimate of drug-likeness (QED) is 0.599. The number of ketones is 1. The van der Waals surface area contributed by atoms with E-state index in [0.717, 1.165) is 0 Å².